The van der Waals surface area contributed by atoms with E-state index < -0.39 is 17.7 Å². The minimum absolute atomic E-state index is 0.0449. The molecule has 8 heteroatoms. The number of ether oxygens (including phenoxy) is 1. The summed E-state index contributed by atoms with van der Waals surface area (Å²) in [6.45, 7) is 1.74. The summed E-state index contributed by atoms with van der Waals surface area (Å²) in [5.74, 6) is -1.90. The topological polar surface area (TPSA) is 78.3 Å². The third-order valence-corrected chi connectivity index (χ3v) is 5.43. The van der Waals surface area contributed by atoms with E-state index in [1.165, 1.54) is 25.3 Å². The van der Waals surface area contributed by atoms with Crippen molar-refractivity contribution >= 4 is 40.7 Å². The number of methoxy groups -OCH3 is 1. The summed E-state index contributed by atoms with van der Waals surface area (Å²) in [6, 6.07) is 13.6. The van der Waals surface area contributed by atoms with Crippen molar-refractivity contribution in [2.24, 2.45) is 0 Å². The Kier molecular flexibility index (Phi) is 5.59. The molecule has 0 bridgehead atoms. The van der Waals surface area contributed by atoms with Gasteiger partial charge in [0.25, 0.3) is 5.91 Å². The van der Waals surface area contributed by atoms with Crippen LogP contribution in [0.5, 0.6) is 0 Å². The normalized spacial score (nSPS) is 10.9. The van der Waals surface area contributed by atoms with Crippen LogP contribution in [0.15, 0.2) is 54.6 Å². The lowest BCUT2D eigenvalue weighted by Crippen LogP contribution is -2.15. The van der Waals surface area contributed by atoms with E-state index in [4.69, 9.17) is 11.6 Å². The molecule has 0 spiro atoms. The number of hydrogen-bond donors (Lipinski definition) is 0. The summed E-state index contributed by atoms with van der Waals surface area (Å²) in [5.41, 5.74) is 1.87. The maximum Gasteiger partial charge on any atom is 0.337 e. The van der Waals surface area contributed by atoms with Crippen molar-refractivity contribution in [3.8, 4) is 11.3 Å². The highest BCUT2D eigenvalue weighted by Crippen LogP contribution is 2.32. The van der Waals surface area contributed by atoms with Gasteiger partial charge < -0.3 is 4.74 Å². The molecule has 0 fully saturated rings. The van der Waals surface area contributed by atoms with Crippen LogP contribution in [0.2, 0.25) is 5.02 Å². The molecular formula is C24H16ClFN2O4. The van der Waals surface area contributed by atoms with Gasteiger partial charge in [0.15, 0.2) is 0 Å². The highest BCUT2D eigenvalue weighted by molar-refractivity contribution is 6.34. The number of aryl methyl sites for hydroxylation is 1. The molecule has 4 aromatic rings. The molecule has 4 rings (SSSR count). The molecule has 0 aliphatic heterocycles. The van der Waals surface area contributed by atoms with Crippen molar-refractivity contribution in [1.29, 1.82) is 0 Å². The first kappa shape index (κ1) is 21.4. The van der Waals surface area contributed by atoms with Crippen molar-refractivity contribution in [1.82, 2.24) is 9.78 Å². The Hall–Kier alpha value is -3.84. The van der Waals surface area contributed by atoms with E-state index >= 15 is 0 Å². The van der Waals surface area contributed by atoms with E-state index in [0.29, 0.717) is 28.3 Å². The average Bonchev–Trinajstić information content (AvgIpc) is 3.16. The van der Waals surface area contributed by atoms with Crippen molar-refractivity contribution in [2.45, 2.75) is 6.92 Å². The van der Waals surface area contributed by atoms with Gasteiger partial charge >= 0.3 is 5.97 Å². The number of nitrogens with zero attached hydrogens (tertiary/aromatic N) is 2. The molecule has 3 aromatic carbocycles. The number of halogens is 2. The zero-order valence-electron chi connectivity index (χ0n) is 17.1. The molecular weight excluding hydrogens is 435 g/mol. The zero-order valence-corrected chi connectivity index (χ0v) is 17.8. The summed E-state index contributed by atoms with van der Waals surface area (Å²) < 4.78 is 20.7. The first-order chi connectivity index (χ1) is 15.3. The maximum absolute atomic E-state index is 14.9. The second-order valence-electron chi connectivity index (χ2n) is 7.08. The number of carbonyl (C=O) groups is 3. The van der Waals surface area contributed by atoms with Crippen LogP contribution < -0.4 is 0 Å². The Morgan fingerprint density at radius 2 is 1.91 bits per heavy atom. The molecule has 0 amide bonds. The summed E-state index contributed by atoms with van der Waals surface area (Å²) in [6.07, 6.45) is 0.646. The van der Waals surface area contributed by atoms with Crippen LogP contribution in [-0.2, 0) is 4.74 Å². The Morgan fingerprint density at radius 3 is 2.56 bits per heavy atom. The number of esters is 1. The fourth-order valence-electron chi connectivity index (χ4n) is 3.52. The van der Waals surface area contributed by atoms with Crippen LogP contribution in [-0.4, -0.2) is 35.1 Å². The fraction of sp³-hybridized carbons (Fsp3) is 0.0833. The first-order valence-electron chi connectivity index (χ1n) is 9.51. The zero-order chi connectivity index (χ0) is 23.0. The molecule has 0 aliphatic carbocycles. The number of carbonyl (C=O) groups excluding carboxylic acids is 3. The van der Waals surface area contributed by atoms with Gasteiger partial charge in [0.2, 0.25) is 0 Å². The van der Waals surface area contributed by atoms with Gasteiger partial charge in [0.05, 0.1) is 28.8 Å². The summed E-state index contributed by atoms with van der Waals surface area (Å²) in [4.78, 5) is 36.4. The monoisotopic (exact) mass is 450 g/mol. The van der Waals surface area contributed by atoms with Gasteiger partial charge in [0, 0.05) is 16.5 Å². The lowest BCUT2D eigenvalue weighted by atomic mass is 10.0. The smallest absolute Gasteiger partial charge is 0.337 e. The lowest BCUT2D eigenvalue weighted by Gasteiger charge is -2.08. The first-order valence-corrected chi connectivity index (χ1v) is 9.89. The van der Waals surface area contributed by atoms with Gasteiger partial charge in [0.1, 0.15) is 17.8 Å². The molecule has 0 N–H and O–H groups in total. The molecule has 1 heterocycles. The van der Waals surface area contributed by atoms with Crippen LogP contribution in [0, 0.1) is 12.7 Å². The number of benzene rings is 3. The third-order valence-electron chi connectivity index (χ3n) is 5.11. The van der Waals surface area contributed by atoms with Gasteiger partial charge in [-0.3, -0.25) is 9.59 Å². The summed E-state index contributed by atoms with van der Waals surface area (Å²) in [5, 5.41) is 5.09. The van der Waals surface area contributed by atoms with Crippen molar-refractivity contribution < 1.29 is 23.5 Å². The van der Waals surface area contributed by atoms with E-state index in [1.807, 2.05) is 0 Å². The van der Waals surface area contributed by atoms with Crippen LogP contribution in [0.4, 0.5) is 4.39 Å². The fourth-order valence-corrected chi connectivity index (χ4v) is 3.82. The van der Waals surface area contributed by atoms with Crippen LogP contribution in [0.3, 0.4) is 0 Å². The van der Waals surface area contributed by atoms with Crippen molar-refractivity contribution in [3.05, 3.63) is 87.7 Å². The third kappa shape index (κ3) is 3.56. The maximum atomic E-state index is 14.9. The molecule has 0 atom stereocenters. The molecule has 0 radical (unpaired) electrons. The minimum atomic E-state index is -0.708. The van der Waals surface area contributed by atoms with Crippen LogP contribution >= 0.6 is 11.6 Å². The molecule has 160 valence electrons. The molecule has 32 heavy (non-hydrogen) atoms. The van der Waals surface area contributed by atoms with E-state index in [0.717, 1.165) is 10.7 Å². The number of rotatable bonds is 4. The van der Waals surface area contributed by atoms with E-state index in [1.54, 1.807) is 37.3 Å². The van der Waals surface area contributed by atoms with Crippen LogP contribution in [0.25, 0.3) is 22.2 Å². The predicted molar refractivity (Wildman–Crippen MR) is 118 cm³/mol. The largest absolute Gasteiger partial charge is 0.465 e. The number of hydrogen-bond acceptors (Lipinski definition) is 5. The van der Waals surface area contributed by atoms with Gasteiger partial charge in [-0.05, 0) is 48.9 Å². The molecule has 0 unspecified atom stereocenters. The predicted octanol–water partition coefficient (Wildman–Crippen LogP) is 5.09. The number of aromatic nitrogens is 2. The van der Waals surface area contributed by atoms with Crippen molar-refractivity contribution in [3.63, 3.8) is 0 Å². The summed E-state index contributed by atoms with van der Waals surface area (Å²) in [7, 11) is 1.20. The minimum Gasteiger partial charge on any atom is -0.465 e. The van der Waals surface area contributed by atoms with Gasteiger partial charge in [-0.25, -0.2) is 9.18 Å². The molecule has 6 nitrogen and oxygen atoms in total. The van der Waals surface area contributed by atoms with Gasteiger partial charge in [-0.2, -0.15) is 9.78 Å². The quantitative estimate of drug-likeness (QED) is 0.319. The Labute approximate surface area is 187 Å². The lowest BCUT2D eigenvalue weighted by molar-refractivity contribution is 0.0600. The molecule has 0 aliphatic rings. The Morgan fingerprint density at radius 1 is 1.12 bits per heavy atom. The molecule has 0 saturated heterocycles. The number of fused-ring (bicyclic) bond motifs is 1. The standard InChI is InChI=1S/C24H16ClFN2O4/c1-13-4-3-5-18(25)21(13)23(30)28-20-10-14(12-29)6-8-17(20)22(27-28)16-9-7-15(11-19(16)26)24(31)32-2/h3-12H,1-2H3. The van der Waals surface area contributed by atoms with Crippen LogP contribution in [0.1, 0.15) is 36.6 Å². The SMILES string of the molecule is COC(=O)c1ccc(-c2nn(C(=O)c3c(C)cccc3Cl)c3cc(C=O)ccc23)c(F)c1. The summed E-state index contributed by atoms with van der Waals surface area (Å²) >= 11 is 6.27. The number of aldehydes is 1. The molecule has 1 aromatic heterocycles. The average molecular weight is 451 g/mol. The van der Waals surface area contributed by atoms with Crippen molar-refractivity contribution in [2.75, 3.05) is 7.11 Å². The van der Waals surface area contributed by atoms with Gasteiger partial charge in [-0.1, -0.05) is 29.8 Å². The highest BCUT2D eigenvalue weighted by Gasteiger charge is 2.23. The molecule has 0 saturated carbocycles. The van der Waals surface area contributed by atoms with E-state index in [-0.39, 0.29) is 27.4 Å². The highest BCUT2D eigenvalue weighted by atomic mass is 35.5. The van der Waals surface area contributed by atoms with Gasteiger partial charge in [-0.15, -0.1) is 0 Å². The second kappa shape index (κ2) is 8.36. The van der Waals surface area contributed by atoms with E-state index in [2.05, 4.69) is 9.84 Å². The second-order valence-corrected chi connectivity index (χ2v) is 7.49. The Balaban J connectivity index is 1.96. The van der Waals surface area contributed by atoms with E-state index in [9.17, 15) is 18.8 Å². The Bertz CT molecular complexity index is 1390.